The molecule has 5 rings (SSSR count). The maximum absolute atomic E-state index is 13.3. The van der Waals surface area contributed by atoms with E-state index in [1.54, 1.807) is 12.1 Å². The summed E-state index contributed by atoms with van der Waals surface area (Å²) in [6.45, 7) is 1.86. The Hall–Kier alpha value is -3.08. The van der Waals surface area contributed by atoms with Crippen molar-refractivity contribution < 1.29 is 42.7 Å². The molecular formula is C37H48O9. The number of ether oxygens (including phenoxy) is 7. The Morgan fingerprint density at radius 1 is 0.848 bits per heavy atom. The number of carbonyl (C=O) groups excluding carboxylic acids is 2. The molecule has 9 heteroatoms. The first-order valence-corrected chi connectivity index (χ1v) is 16.9. The highest BCUT2D eigenvalue weighted by molar-refractivity contribution is 5.85. The van der Waals surface area contributed by atoms with Gasteiger partial charge in [0.25, 0.3) is 0 Å². The highest BCUT2D eigenvalue weighted by atomic mass is 16.7. The molecule has 2 aromatic rings. The summed E-state index contributed by atoms with van der Waals surface area (Å²) in [4.78, 5) is 25.5. The quantitative estimate of drug-likeness (QED) is 0.0825. The van der Waals surface area contributed by atoms with Crippen molar-refractivity contribution in [1.82, 2.24) is 0 Å². The van der Waals surface area contributed by atoms with Crippen LogP contribution in [0.4, 0.5) is 0 Å². The van der Waals surface area contributed by atoms with E-state index in [0.29, 0.717) is 51.3 Å². The molecule has 250 valence electrons. The molecule has 6 unspecified atom stereocenters. The van der Waals surface area contributed by atoms with Gasteiger partial charge in [-0.05, 0) is 82.1 Å². The molecule has 3 aliphatic rings. The summed E-state index contributed by atoms with van der Waals surface area (Å²) in [7, 11) is 0. The van der Waals surface area contributed by atoms with E-state index < -0.39 is 18.3 Å². The third-order valence-electron chi connectivity index (χ3n) is 8.46. The van der Waals surface area contributed by atoms with Gasteiger partial charge in [0.1, 0.15) is 30.0 Å². The van der Waals surface area contributed by atoms with Gasteiger partial charge in [-0.15, -0.1) is 0 Å². The summed E-state index contributed by atoms with van der Waals surface area (Å²) in [5.41, 5.74) is 0. The van der Waals surface area contributed by atoms with Gasteiger partial charge in [-0.1, -0.05) is 48.6 Å². The van der Waals surface area contributed by atoms with Gasteiger partial charge >= 0.3 is 5.97 Å². The molecule has 2 saturated heterocycles. The van der Waals surface area contributed by atoms with Gasteiger partial charge in [-0.2, -0.15) is 0 Å². The summed E-state index contributed by atoms with van der Waals surface area (Å²) >= 11 is 0. The number of esters is 1. The van der Waals surface area contributed by atoms with Crippen LogP contribution in [0.2, 0.25) is 0 Å². The van der Waals surface area contributed by atoms with Crippen molar-refractivity contribution >= 4 is 11.8 Å². The molecule has 6 atom stereocenters. The number of rotatable bonds is 17. The Balaban J connectivity index is 1.17. The predicted octanol–water partition coefficient (Wildman–Crippen LogP) is 6.59. The zero-order chi connectivity index (χ0) is 31.8. The first-order valence-electron chi connectivity index (χ1n) is 16.9. The lowest BCUT2D eigenvalue weighted by Crippen LogP contribution is -2.40. The van der Waals surface area contributed by atoms with E-state index >= 15 is 0 Å². The molecule has 0 bridgehead atoms. The second-order valence-corrected chi connectivity index (χ2v) is 12.1. The Morgan fingerprint density at radius 3 is 2.24 bits per heavy atom. The fourth-order valence-corrected chi connectivity index (χ4v) is 6.02. The lowest BCUT2D eigenvalue weighted by molar-refractivity contribution is -0.226. The van der Waals surface area contributed by atoms with Crippen LogP contribution in [0.3, 0.4) is 0 Å². The molecule has 2 aliphatic heterocycles. The lowest BCUT2D eigenvalue weighted by atomic mass is 9.99. The van der Waals surface area contributed by atoms with E-state index in [-0.39, 0.29) is 43.3 Å². The van der Waals surface area contributed by atoms with E-state index in [0.717, 1.165) is 44.3 Å². The molecule has 46 heavy (non-hydrogen) atoms. The largest absolute Gasteiger partial charge is 0.491 e. The minimum Gasteiger partial charge on any atom is -0.491 e. The molecule has 3 fully saturated rings. The number of Topliss-reactive ketones (excluding diaryl/α,β-unsaturated/α-hetero) is 1. The Bertz CT molecular complexity index is 1190. The average Bonchev–Trinajstić information content (AvgIpc) is 3.38. The van der Waals surface area contributed by atoms with Gasteiger partial charge in [0.15, 0.2) is 12.6 Å². The smallest absolute Gasteiger partial charge is 0.311 e. The number of benzene rings is 2. The SMILES string of the molecule is O=C(CCCC=CCC1C(=O)CC(OC2CCCCO2)C1OCC(COc1ccccc1)OC1CCCCO1)Oc1ccccc1. The number of unbranched alkanes of at least 4 members (excludes halogenated alkanes) is 1. The average molecular weight is 637 g/mol. The number of para-hydroxylation sites is 2. The van der Waals surface area contributed by atoms with Crippen LogP contribution in [0.25, 0.3) is 0 Å². The van der Waals surface area contributed by atoms with E-state index in [1.807, 2.05) is 60.7 Å². The number of allylic oxidation sites excluding steroid dienone is 2. The minimum atomic E-state index is -0.446. The Morgan fingerprint density at radius 2 is 1.54 bits per heavy atom. The molecule has 2 aromatic carbocycles. The monoisotopic (exact) mass is 636 g/mol. The lowest BCUT2D eigenvalue weighted by Gasteiger charge is -2.32. The molecule has 0 aromatic heterocycles. The molecular weight excluding hydrogens is 588 g/mol. The zero-order valence-corrected chi connectivity index (χ0v) is 26.7. The highest BCUT2D eigenvalue weighted by Gasteiger charge is 2.45. The van der Waals surface area contributed by atoms with Crippen molar-refractivity contribution in [1.29, 1.82) is 0 Å². The Kier molecular flexibility index (Phi) is 14.1. The predicted molar refractivity (Wildman–Crippen MR) is 171 cm³/mol. The third-order valence-corrected chi connectivity index (χ3v) is 8.46. The van der Waals surface area contributed by atoms with E-state index in [4.69, 9.17) is 33.2 Å². The standard InChI is InChI=1S/C37H48O9/c38-32-25-33(46-36-22-12-14-24-41-36)37(31(32)19-9-1-2-10-20-34(39)44-29-17-7-4-8-18-29)43-27-30(45-35-21-11-13-23-40-35)26-42-28-15-5-3-6-16-28/h1,3-9,15-18,30-31,33,35-37H,2,10-14,19-27H2. The van der Waals surface area contributed by atoms with Crippen LogP contribution in [-0.2, 0) is 33.3 Å². The van der Waals surface area contributed by atoms with Crippen LogP contribution in [0.15, 0.2) is 72.8 Å². The Labute approximate surface area is 272 Å². The normalized spacial score (nSPS) is 25.8. The van der Waals surface area contributed by atoms with Crippen molar-refractivity contribution in [3.8, 4) is 11.5 Å². The van der Waals surface area contributed by atoms with Crippen molar-refractivity contribution in [3.05, 3.63) is 72.8 Å². The maximum Gasteiger partial charge on any atom is 0.311 e. The third kappa shape index (κ3) is 11.3. The van der Waals surface area contributed by atoms with E-state index in [1.165, 1.54) is 0 Å². The molecule has 0 amide bonds. The van der Waals surface area contributed by atoms with Crippen molar-refractivity contribution in [2.45, 2.75) is 102 Å². The fraction of sp³-hybridized carbons (Fsp3) is 0.568. The van der Waals surface area contributed by atoms with Gasteiger partial charge in [0, 0.05) is 26.1 Å². The molecule has 0 radical (unpaired) electrons. The maximum atomic E-state index is 13.3. The van der Waals surface area contributed by atoms with Crippen molar-refractivity contribution in [3.63, 3.8) is 0 Å². The number of carbonyl (C=O) groups is 2. The van der Waals surface area contributed by atoms with Gasteiger partial charge in [-0.25, -0.2) is 0 Å². The number of ketones is 1. The number of hydrogen-bond acceptors (Lipinski definition) is 9. The summed E-state index contributed by atoms with van der Waals surface area (Å²) in [6.07, 6.45) is 10.4. The van der Waals surface area contributed by atoms with Crippen LogP contribution in [0.5, 0.6) is 11.5 Å². The highest BCUT2D eigenvalue weighted by Crippen LogP contribution is 2.33. The van der Waals surface area contributed by atoms with E-state index in [9.17, 15) is 9.59 Å². The first-order chi connectivity index (χ1) is 22.6. The van der Waals surface area contributed by atoms with Gasteiger partial charge < -0.3 is 33.2 Å². The zero-order valence-electron chi connectivity index (χ0n) is 26.7. The molecule has 1 saturated carbocycles. The summed E-state index contributed by atoms with van der Waals surface area (Å²) in [6, 6.07) is 18.7. The van der Waals surface area contributed by atoms with Crippen LogP contribution in [-0.4, -0.2) is 69.1 Å². The first kappa shape index (κ1) is 34.3. The van der Waals surface area contributed by atoms with Gasteiger partial charge in [0.05, 0.1) is 24.7 Å². The summed E-state index contributed by atoms with van der Waals surface area (Å²) in [5.74, 6) is 0.819. The fourth-order valence-electron chi connectivity index (χ4n) is 6.02. The minimum absolute atomic E-state index is 0.121. The topological polar surface area (TPSA) is 98.8 Å². The van der Waals surface area contributed by atoms with E-state index in [2.05, 4.69) is 0 Å². The van der Waals surface area contributed by atoms with Crippen molar-refractivity contribution in [2.75, 3.05) is 26.4 Å². The second kappa shape index (κ2) is 18.9. The number of hydrogen-bond donors (Lipinski definition) is 0. The summed E-state index contributed by atoms with van der Waals surface area (Å²) in [5, 5.41) is 0. The van der Waals surface area contributed by atoms with Gasteiger partial charge in [0.2, 0.25) is 0 Å². The summed E-state index contributed by atoms with van der Waals surface area (Å²) < 4.78 is 42.4. The second-order valence-electron chi connectivity index (χ2n) is 12.1. The van der Waals surface area contributed by atoms with Crippen LogP contribution >= 0.6 is 0 Å². The molecule has 9 nitrogen and oxygen atoms in total. The molecule has 1 aliphatic carbocycles. The molecule has 0 spiro atoms. The van der Waals surface area contributed by atoms with Crippen molar-refractivity contribution in [2.24, 2.45) is 5.92 Å². The van der Waals surface area contributed by atoms with Crippen LogP contribution in [0, 0.1) is 5.92 Å². The van der Waals surface area contributed by atoms with Crippen LogP contribution < -0.4 is 9.47 Å². The molecule has 0 N–H and O–H groups in total. The molecule has 2 heterocycles. The van der Waals surface area contributed by atoms with Crippen LogP contribution in [0.1, 0.15) is 70.6 Å². The van der Waals surface area contributed by atoms with Gasteiger partial charge in [-0.3, -0.25) is 9.59 Å².